The molecule has 0 aromatic heterocycles. The van der Waals surface area contributed by atoms with Crippen molar-refractivity contribution in [1.82, 2.24) is 0 Å². The molecule has 0 aliphatic heterocycles. The van der Waals surface area contributed by atoms with Gasteiger partial charge in [-0.25, -0.2) is 0 Å². The van der Waals surface area contributed by atoms with E-state index in [1.54, 1.807) is 0 Å². The normalized spacial score (nSPS) is 11.8. The predicted octanol–water partition coefficient (Wildman–Crippen LogP) is 6.48. The summed E-state index contributed by atoms with van der Waals surface area (Å²) < 4.78 is 21.2. The fourth-order valence-corrected chi connectivity index (χ4v) is 3.70. The molecule has 0 N–H and O–H groups in total. The van der Waals surface area contributed by atoms with E-state index in [2.05, 4.69) is 6.92 Å². The highest BCUT2D eigenvalue weighted by Gasteiger charge is 2.30. The van der Waals surface area contributed by atoms with Gasteiger partial charge in [-0.2, -0.15) is 0 Å². The van der Waals surface area contributed by atoms with Crippen LogP contribution in [0.2, 0.25) is 0 Å². The van der Waals surface area contributed by atoms with Gasteiger partial charge in [0.2, 0.25) is 5.52 Å². The minimum Gasteiger partial charge on any atom is -0.307 e. The second kappa shape index (κ2) is 15.4. The van der Waals surface area contributed by atoms with Crippen LogP contribution in [0, 0.1) is 0 Å². The van der Waals surface area contributed by atoms with E-state index in [9.17, 15) is 9.36 Å². The monoisotopic (exact) mass is 348 g/mol. The predicted molar refractivity (Wildman–Crippen MR) is 96.9 cm³/mol. The van der Waals surface area contributed by atoms with Crippen molar-refractivity contribution in [2.75, 3.05) is 14.2 Å². The summed E-state index contributed by atoms with van der Waals surface area (Å²) in [5.41, 5.74) is -0.398. The first-order chi connectivity index (χ1) is 11.1. The Morgan fingerprint density at radius 3 is 1.39 bits per heavy atom. The Hall–Kier alpha value is -0.180. The first-order valence-corrected chi connectivity index (χ1v) is 10.9. The number of rotatable bonds is 17. The van der Waals surface area contributed by atoms with Crippen molar-refractivity contribution in [2.24, 2.45) is 0 Å². The van der Waals surface area contributed by atoms with Crippen molar-refractivity contribution >= 4 is 13.1 Å². The molecule has 0 bridgehead atoms. The number of unbranched alkanes of at least 4 members (excludes halogenated alkanes) is 12. The largest absolute Gasteiger partial charge is 0.396 e. The lowest BCUT2D eigenvalue weighted by atomic mass is 10.0. The van der Waals surface area contributed by atoms with E-state index in [4.69, 9.17) is 9.05 Å². The van der Waals surface area contributed by atoms with E-state index in [0.717, 1.165) is 19.3 Å². The third-order valence-corrected chi connectivity index (χ3v) is 6.08. The lowest BCUT2D eigenvalue weighted by Gasteiger charge is -2.11. The van der Waals surface area contributed by atoms with Crippen LogP contribution in [0.25, 0.3) is 0 Å². The SMILES string of the molecule is CCCCCCCCCCCCCCCC(=O)P(=O)(OC)OC. The van der Waals surface area contributed by atoms with Crippen LogP contribution in [0.4, 0.5) is 0 Å². The summed E-state index contributed by atoms with van der Waals surface area (Å²) in [6, 6.07) is 0. The number of hydrogen-bond acceptors (Lipinski definition) is 4. The van der Waals surface area contributed by atoms with Gasteiger partial charge in [0, 0.05) is 20.6 Å². The highest BCUT2D eigenvalue weighted by Crippen LogP contribution is 2.48. The summed E-state index contributed by atoms with van der Waals surface area (Å²) in [7, 11) is -0.984. The minimum absolute atomic E-state index is 0.288. The Balaban J connectivity index is 3.34. The molecule has 0 amide bonds. The average Bonchev–Trinajstić information content (AvgIpc) is 2.58. The molecule has 0 aliphatic carbocycles. The molecule has 138 valence electrons. The van der Waals surface area contributed by atoms with Crippen LogP contribution in [0.3, 0.4) is 0 Å². The Morgan fingerprint density at radius 2 is 1.04 bits per heavy atom. The molecule has 0 radical (unpaired) electrons. The Labute approximate surface area is 143 Å². The number of carbonyl (C=O) groups excluding carboxylic acids is 1. The number of hydrogen-bond donors (Lipinski definition) is 0. The van der Waals surface area contributed by atoms with Crippen LogP contribution < -0.4 is 0 Å². The van der Waals surface area contributed by atoms with Crippen molar-refractivity contribution in [3.8, 4) is 0 Å². The molecule has 0 heterocycles. The van der Waals surface area contributed by atoms with Gasteiger partial charge >= 0.3 is 7.60 Å². The fourth-order valence-electron chi connectivity index (χ4n) is 2.71. The minimum atomic E-state index is -3.50. The summed E-state index contributed by atoms with van der Waals surface area (Å²) in [6.07, 6.45) is 16.7. The zero-order valence-corrected chi connectivity index (χ0v) is 16.4. The summed E-state index contributed by atoms with van der Waals surface area (Å²) in [4.78, 5) is 11.7. The smallest absolute Gasteiger partial charge is 0.307 e. The van der Waals surface area contributed by atoms with E-state index in [1.807, 2.05) is 0 Å². The Bertz CT molecular complexity index is 323. The van der Waals surface area contributed by atoms with Crippen LogP contribution in [-0.2, 0) is 18.4 Å². The Kier molecular flexibility index (Phi) is 15.2. The first-order valence-electron chi connectivity index (χ1n) is 9.35. The van der Waals surface area contributed by atoms with Crippen molar-refractivity contribution in [3.05, 3.63) is 0 Å². The third kappa shape index (κ3) is 11.9. The van der Waals surface area contributed by atoms with Crippen LogP contribution in [0.1, 0.15) is 96.8 Å². The number of carbonyl (C=O) groups is 1. The van der Waals surface area contributed by atoms with Crippen molar-refractivity contribution in [2.45, 2.75) is 96.8 Å². The van der Waals surface area contributed by atoms with Crippen LogP contribution in [0.5, 0.6) is 0 Å². The summed E-state index contributed by atoms with van der Waals surface area (Å²) >= 11 is 0. The second-order valence-electron chi connectivity index (χ2n) is 6.25. The molecule has 0 unspecified atom stereocenters. The molecule has 0 saturated heterocycles. The maximum atomic E-state index is 11.8. The molecule has 5 heteroatoms. The maximum Gasteiger partial charge on any atom is 0.396 e. The molecule has 0 rings (SSSR count). The van der Waals surface area contributed by atoms with E-state index >= 15 is 0 Å². The topological polar surface area (TPSA) is 52.6 Å². The van der Waals surface area contributed by atoms with Gasteiger partial charge in [-0.3, -0.25) is 9.36 Å². The van der Waals surface area contributed by atoms with E-state index in [0.29, 0.717) is 0 Å². The lowest BCUT2D eigenvalue weighted by molar-refractivity contribution is -0.113. The Morgan fingerprint density at radius 1 is 0.696 bits per heavy atom. The quantitative estimate of drug-likeness (QED) is 0.223. The van der Waals surface area contributed by atoms with Gasteiger partial charge in [-0.05, 0) is 6.42 Å². The first kappa shape index (κ1) is 22.8. The van der Waals surface area contributed by atoms with Gasteiger partial charge < -0.3 is 9.05 Å². The van der Waals surface area contributed by atoms with Gasteiger partial charge in [0.1, 0.15) is 0 Å². The van der Waals surface area contributed by atoms with Crippen molar-refractivity contribution in [1.29, 1.82) is 0 Å². The van der Waals surface area contributed by atoms with Crippen molar-refractivity contribution < 1.29 is 18.4 Å². The molecule has 0 saturated carbocycles. The molecule has 0 aliphatic rings. The molecule has 0 fully saturated rings. The van der Waals surface area contributed by atoms with Gasteiger partial charge in [0.05, 0.1) is 0 Å². The van der Waals surface area contributed by atoms with E-state index in [-0.39, 0.29) is 6.42 Å². The zero-order chi connectivity index (χ0) is 17.4. The fraction of sp³-hybridized carbons (Fsp3) is 0.944. The molecule has 23 heavy (non-hydrogen) atoms. The van der Waals surface area contributed by atoms with Gasteiger partial charge in [-0.1, -0.05) is 84.0 Å². The maximum absolute atomic E-state index is 11.8. The molecule has 0 spiro atoms. The highest BCUT2D eigenvalue weighted by atomic mass is 31.2. The molecular formula is C18H37O4P. The van der Waals surface area contributed by atoms with E-state index < -0.39 is 13.1 Å². The van der Waals surface area contributed by atoms with E-state index in [1.165, 1.54) is 78.4 Å². The summed E-state index contributed by atoms with van der Waals surface area (Å²) in [6.45, 7) is 2.25. The third-order valence-electron chi connectivity index (χ3n) is 4.28. The summed E-state index contributed by atoms with van der Waals surface area (Å²) in [5.74, 6) is 0. The molecule has 0 atom stereocenters. The standard InChI is InChI=1S/C18H37O4P/c1-4-5-6-7-8-9-10-11-12-13-14-15-16-17-18(19)23(20,21-2)22-3/h4-17H2,1-3H3. The highest BCUT2D eigenvalue weighted by molar-refractivity contribution is 7.71. The van der Waals surface area contributed by atoms with Gasteiger partial charge in [0.15, 0.2) is 0 Å². The molecule has 4 nitrogen and oxygen atoms in total. The molecule has 0 aromatic carbocycles. The average molecular weight is 348 g/mol. The molecule has 0 aromatic rings. The van der Waals surface area contributed by atoms with Crippen LogP contribution >= 0.6 is 7.60 Å². The molecular weight excluding hydrogens is 311 g/mol. The van der Waals surface area contributed by atoms with Crippen LogP contribution in [0.15, 0.2) is 0 Å². The second-order valence-corrected chi connectivity index (χ2v) is 8.47. The zero-order valence-electron chi connectivity index (χ0n) is 15.5. The lowest BCUT2D eigenvalue weighted by Crippen LogP contribution is -2.03. The summed E-state index contributed by atoms with van der Waals surface area (Å²) in [5, 5.41) is 0. The van der Waals surface area contributed by atoms with Crippen LogP contribution in [-0.4, -0.2) is 19.7 Å². The van der Waals surface area contributed by atoms with Gasteiger partial charge in [-0.15, -0.1) is 0 Å². The van der Waals surface area contributed by atoms with Gasteiger partial charge in [0.25, 0.3) is 0 Å². The van der Waals surface area contributed by atoms with Crippen molar-refractivity contribution in [3.63, 3.8) is 0 Å².